The van der Waals surface area contributed by atoms with Crippen LogP contribution >= 0.6 is 0 Å². The molecule has 7 nitrogen and oxygen atoms in total. The summed E-state index contributed by atoms with van der Waals surface area (Å²) >= 11 is 0. The SMILES string of the molecule is Cc1cc(C)n2c(C(=O)NCc3cccc(CO)c3)nnc2n1. The lowest BCUT2D eigenvalue weighted by atomic mass is 10.1. The molecule has 0 aliphatic carbocycles. The molecule has 2 N–H and O–H groups in total. The number of carbonyl (C=O) groups is 1. The van der Waals surface area contributed by atoms with Gasteiger partial charge in [-0.3, -0.25) is 9.20 Å². The quantitative estimate of drug-likeness (QED) is 0.754. The van der Waals surface area contributed by atoms with Crippen LogP contribution in [0.3, 0.4) is 0 Å². The number of aryl methyl sites for hydroxylation is 2. The number of hydrogen-bond acceptors (Lipinski definition) is 5. The third-order valence-corrected chi connectivity index (χ3v) is 3.52. The van der Waals surface area contributed by atoms with Crippen LogP contribution in [0, 0.1) is 13.8 Å². The minimum atomic E-state index is -0.319. The Bertz CT molecular complexity index is 872. The maximum Gasteiger partial charge on any atom is 0.289 e. The fraction of sp³-hybridized carbons (Fsp3) is 0.250. The zero-order chi connectivity index (χ0) is 16.4. The Labute approximate surface area is 133 Å². The summed E-state index contributed by atoms with van der Waals surface area (Å²) in [5.41, 5.74) is 3.39. The molecule has 0 saturated carbocycles. The number of amides is 1. The van der Waals surface area contributed by atoms with Gasteiger partial charge in [0, 0.05) is 17.9 Å². The van der Waals surface area contributed by atoms with Gasteiger partial charge < -0.3 is 10.4 Å². The van der Waals surface area contributed by atoms with Crippen molar-refractivity contribution in [1.82, 2.24) is 24.9 Å². The van der Waals surface area contributed by atoms with Crippen molar-refractivity contribution in [2.24, 2.45) is 0 Å². The number of rotatable bonds is 4. The highest BCUT2D eigenvalue weighted by Gasteiger charge is 2.16. The van der Waals surface area contributed by atoms with Crippen molar-refractivity contribution in [2.45, 2.75) is 27.0 Å². The average Bonchev–Trinajstić information content (AvgIpc) is 2.97. The Morgan fingerprint density at radius 2 is 2.00 bits per heavy atom. The predicted octanol–water partition coefficient (Wildman–Crippen LogP) is 1.16. The van der Waals surface area contributed by atoms with E-state index in [1.807, 2.05) is 44.2 Å². The first kappa shape index (κ1) is 15.1. The van der Waals surface area contributed by atoms with E-state index in [1.54, 1.807) is 4.40 Å². The highest BCUT2D eigenvalue weighted by atomic mass is 16.3. The summed E-state index contributed by atoms with van der Waals surface area (Å²) in [4.78, 5) is 16.6. The summed E-state index contributed by atoms with van der Waals surface area (Å²) < 4.78 is 1.63. The fourth-order valence-corrected chi connectivity index (χ4v) is 2.48. The van der Waals surface area contributed by atoms with Crippen molar-refractivity contribution in [2.75, 3.05) is 0 Å². The van der Waals surface area contributed by atoms with E-state index in [1.165, 1.54) is 0 Å². The third kappa shape index (κ3) is 3.04. The van der Waals surface area contributed by atoms with Crippen LogP contribution in [-0.2, 0) is 13.2 Å². The van der Waals surface area contributed by atoms with Crippen LogP contribution in [-0.4, -0.2) is 30.6 Å². The van der Waals surface area contributed by atoms with Gasteiger partial charge in [0.15, 0.2) is 0 Å². The summed E-state index contributed by atoms with van der Waals surface area (Å²) in [5.74, 6) is 0.305. The molecule has 118 valence electrons. The number of nitrogens with one attached hydrogen (secondary N) is 1. The zero-order valence-corrected chi connectivity index (χ0v) is 12.9. The molecule has 0 spiro atoms. The molecule has 23 heavy (non-hydrogen) atoms. The van der Waals surface area contributed by atoms with E-state index in [0.717, 1.165) is 22.5 Å². The van der Waals surface area contributed by atoms with Gasteiger partial charge in [-0.15, -0.1) is 10.2 Å². The lowest BCUT2D eigenvalue weighted by Crippen LogP contribution is -2.25. The van der Waals surface area contributed by atoms with E-state index in [-0.39, 0.29) is 18.3 Å². The first-order chi connectivity index (χ1) is 11.1. The lowest BCUT2D eigenvalue weighted by molar-refractivity contribution is 0.0939. The van der Waals surface area contributed by atoms with Crippen LogP contribution in [0.2, 0.25) is 0 Å². The van der Waals surface area contributed by atoms with E-state index in [2.05, 4.69) is 20.5 Å². The smallest absolute Gasteiger partial charge is 0.289 e. The number of benzene rings is 1. The number of aromatic nitrogens is 4. The molecule has 3 rings (SSSR count). The number of nitrogens with zero attached hydrogens (tertiary/aromatic N) is 4. The van der Waals surface area contributed by atoms with Gasteiger partial charge >= 0.3 is 0 Å². The molecular formula is C16H17N5O2. The minimum Gasteiger partial charge on any atom is -0.392 e. The summed E-state index contributed by atoms with van der Waals surface area (Å²) in [5, 5.41) is 19.9. The van der Waals surface area contributed by atoms with Gasteiger partial charge in [-0.1, -0.05) is 24.3 Å². The van der Waals surface area contributed by atoms with E-state index in [9.17, 15) is 4.79 Å². The number of carbonyl (C=O) groups excluding carboxylic acids is 1. The van der Waals surface area contributed by atoms with E-state index in [4.69, 9.17) is 5.11 Å². The summed E-state index contributed by atoms with van der Waals surface area (Å²) in [7, 11) is 0. The van der Waals surface area contributed by atoms with E-state index < -0.39 is 0 Å². The molecule has 3 aromatic rings. The summed E-state index contributed by atoms with van der Waals surface area (Å²) in [6.07, 6.45) is 0. The predicted molar refractivity (Wildman–Crippen MR) is 83.8 cm³/mol. The average molecular weight is 311 g/mol. The van der Waals surface area contributed by atoms with Gasteiger partial charge in [-0.05, 0) is 31.0 Å². The van der Waals surface area contributed by atoms with Crippen molar-refractivity contribution in [3.05, 3.63) is 58.7 Å². The number of aliphatic hydroxyl groups excluding tert-OH is 1. The van der Waals surface area contributed by atoms with Crippen LogP contribution in [0.4, 0.5) is 0 Å². The molecule has 0 saturated heterocycles. The molecule has 2 aromatic heterocycles. The Morgan fingerprint density at radius 3 is 2.78 bits per heavy atom. The molecular weight excluding hydrogens is 294 g/mol. The Morgan fingerprint density at radius 1 is 1.22 bits per heavy atom. The fourth-order valence-electron chi connectivity index (χ4n) is 2.48. The first-order valence-electron chi connectivity index (χ1n) is 7.24. The van der Waals surface area contributed by atoms with Crippen LogP contribution in [0.15, 0.2) is 30.3 Å². The van der Waals surface area contributed by atoms with Gasteiger partial charge in [-0.25, -0.2) is 4.98 Å². The molecule has 1 amide bonds. The van der Waals surface area contributed by atoms with Crippen molar-refractivity contribution in [3.8, 4) is 0 Å². The number of fused-ring (bicyclic) bond motifs is 1. The van der Waals surface area contributed by atoms with Gasteiger partial charge in [-0.2, -0.15) is 0 Å². The Kier molecular flexibility index (Phi) is 4.03. The largest absolute Gasteiger partial charge is 0.392 e. The topological polar surface area (TPSA) is 92.4 Å². The van der Waals surface area contributed by atoms with Crippen molar-refractivity contribution >= 4 is 11.7 Å². The van der Waals surface area contributed by atoms with Crippen LogP contribution < -0.4 is 5.32 Å². The zero-order valence-electron chi connectivity index (χ0n) is 12.9. The second-order valence-corrected chi connectivity index (χ2v) is 5.36. The monoisotopic (exact) mass is 311 g/mol. The number of hydrogen-bond donors (Lipinski definition) is 2. The van der Waals surface area contributed by atoms with Crippen LogP contribution in [0.25, 0.3) is 5.78 Å². The van der Waals surface area contributed by atoms with Crippen molar-refractivity contribution in [3.63, 3.8) is 0 Å². The summed E-state index contributed by atoms with van der Waals surface area (Å²) in [6.45, 7) is 4.07. The Balaban J connectivity index is 1.81. The first-order valence-corrected chi connectivity index (χ1v) is 7.24. The Hall–Kier alpha value is -2.80. The van der Waals surface area contributed by atoms with E-state index in [0.29, 0.717) is 12.3 Å². The molecule has 0 unspecified atom stereocenters. The molecule has 0 aliphatic rings. The second-order valence-electron chi connectivity index (χ2n) is 5.36. The van der Waals surface area contributed by atoms with Crippen LogP contribution in [0.1, 0.15) is 33.1 Å². The highest BCUT2D eigenvalue weighted by molar-refractivity contribution is 5.91. The van der Waals surface area contributed by atoms with Gasteiger partial charge in [0.2, 0.25) is 5.82 Å². The van der Waals surface area contributed by atoms with Crippen LogP contribution in [0.5, 0.6) is 0 Å². The molecule has 0 fully saturated rings. The van der Waals surface area contributed by atoms with Gasteiger partial charge in [0.05, 0.1) is 6.61 Å². The van der Waals surface area contributed by atoms with Crippen molar-refractivity contribution < 1.29 is 9.90 Å². The molecule has 2 heterocycles. The normalized spacial score (nSPS) is 10.9. The number of aliphatic hydroxyl groups is 1. The maximum atomic E-state index is 12.4. The second kappa shape index (κ2) is 6.13. The minimum absolute atomic E-state index is 0.0270. The highest BCUT2D eigenvalue weighted by Crippen LogP contribution is 2.09. The third-order valence-electron chi connectivity index (χ3n) is 3.52. The lowest BCUT2D eigenvalue weighted by Gasteiger charge is -2.07. The molecule has 0 radical (unpaired) electrons. The van der Waals surface area contributed by atoms with E-state index >= 15 is 0 Å². The molecule has 7 heteroatoms. The molecule has 1 aromatic carbocycles. The standard InChI is InChI=1S/C16H17N5O2/c1-10-6-11(2)21-14(19-20-16(21)18-10)15(23)17-8-12-4-3-5-13(7-12)9-22/h3-7,22H,8-9H2,1-2H3,(H,17,23). The van der Waals surface area contributed by atoms with Gasteiger partial charge in [0.25, 0.3) is 11.7 Å². The van der Waals surface area contributed by atoms with Crippen molar-refractivity contribution in [1.29, 1.82) is 0 Å². The molecule has 0 aliphatic heterocycles. The molecule has 0 bridgehead atoms. The summed E-state index contributed by atoms with van der Waals surface area (Å²) in [6, 6.07) is 9.28. The van der Waals surface area contributed by atoms with Gasteiger partial charge in [0.1, 0.15) is 0 Å². The maximum absolute atomic E-state index is 12.4. The molecule has 0 atom stereocenters.